The zero-order valence-electron chi connectivity index (χ0n) is 24.9. The van der Waals surface area contributed by atoms with Gasteiger partial charge in [-0.25, -0.2) is 4.98 Å². The Hall–Kier alpha value is -4.42. The fourth-order valence-corrected chi connectivity index (χ4v) is 5.45. The molecule has 4 aromatic rings. The van der Waals surface area contributed by atoms with Gasteiger partial charge in [-0.3, -0.25) is 18.8 Å². The first-order valence-corrected chi connectivity index (χ1v) is 14.3. The van der Waals surface area contributed by atoms with Crippen LogP contribution in [0.4, 0.5) is 11.8 Å². The molecule has 1 N–H and O–H groups in total. The molecule has 0 radical (unpaired) electrons. The lowest BCUT2D eigenvalue weighted by Crippen LogP contribution is -2.40. The second-order valence-electron chi connectivity index (χ2n) is 10.6. The summed E-state index contributed by atoms with van der Waals surface area (Å²) < 4.78 is 14.3. The smallest absolute Gasteiger partial charge is 0.260 e. The second-order valence-corrected chi connectivity index (χ2v) is 11.0. The number of piperidine rings is 1. The molecule has 4 heterocycles. The number of likely N-dealkylation sites (N-methyl/N-ethyl adjacent to an activating group) is 1. The number of pyridine rings is 1. The average Bonchev–Trinajstić information content (AvgIpc) is 3.41. The van der Waals surface area contributed by atoms with E-state index in [1.807, 2.05) is 49.3 Å². The van der Waals surface area contributed by atoms with Gasteiger partial charge in [0, 0.05) is 79.8 Å². The molecule has 43 heavy (non-hydrogen) atoms. The van der Waals surface area contributed by atoms with Crippen LogP contribution in [0, 0.1) is 0 Å². The van der Waals surface area contributed by atoms with E-state index < -0.39 is 0 Å². The molecular weight excluding hydrogens is 572 g/mol. The molecule has 1 aliphatic heterocycles. The van der Waals surface area contributed by atoms with Gasteiger partial charge in [0.2, 0.25) is 11.9 Å². The van der Waals surface area contributed by atoms with E-state index in [4.69, 9.17) is 26.1 Å². The first kappa shape index (κ1) is 30.1. The van der Waals surface area contributed by atoms with Crippen LogP contribution < -0.4 is 20.3 Å². The van der Waals surface area contributed by atoms with Crippen LogP contribution in [0.2, 0.25) is 5.02 Å². The Balaban J connectivity index is 1.57. The Labute approximate surface area is 254 Å². The van der Waals surface area contributed by atoms with E-state index in [9.17, 15) is 9.59 Å². The highest BCUT2D eigenvalue weighted by molar-refractivity contribution is 6.35. The molecule has 0 atom stereocenters. The maximum absolute atomic E-state index is 14.4. The normalized spacial score (nSPS) is 14.2. The van der Waals surface area contributed by atoms with Crippen molar-refractivity contribution in [1.82, 2.24) is 34.1 Å². The summed E-state index contributed by atoms with van der Waals surface area (Å²) in [5.41, 5.74) is 1.06. The zero-order valence-corrected chi connectivity index (χ0v) is 25.6. The standard InChI is InChI=1S/C30H35ClN8O4/c1-36(2)11-6-7-26(40)38-13-8-20(9-14-38)39-28-19(18-32-30(34-28)33-25-10-12-37(3)35-25)15-23(29(39)41)22-16-21(42-4)17-24(43-5)27(22)31/h6-7,10,12,15-18,20H,8-9,11,13-14H2,1-5H3,(H,32,33,34,35)/b7-6+. The number of benzene rings is 1. The van der Waals surface area contributed by atoms with Crippen molar-refractivity contribution in [3.8, 4) is 22.6 Å². The van der Waals surface area contributed by atoms with Crippen LogP contribution in [0.1, 0.15) is 18.9 Å². The molecule has 0 aliphatic carbocycles. The third-order valence-electron chi connectivity index (χ3n) is 7.36. The van der Waals surface area contributed by atoms with Gasteiger partial charge in [-0.1, -0.05) is 17.7 Å². The topological polar surface area (TPSA) is 120 Å². The summed E-state index contributed by atoms with van der Waals surface area (Å²) >= 11 is 6.73. The fourth-order valence-electron chi connectivity index (χ4n) is 5.16. The van der Waals surface area contributed by atoms with Crippen LogP contribution in [0.15, 0.2) is 53.6 Å². The molecule has 1 amide bonds. The summed E-state index contributed by atoms with van der Waals surface area (Å²) in [4.78, 5) is 40.2. The number of likely N-dealkylation sites (tertiary alicyclic amines) is 1. The molecule has 12 nitrogen and oxygen atoms in total. The number of hydrogen-bond donors (Lipinski definition) is 1. The van der Waals surface area contributed by atoms with Gasteiger partial charge >= 0.3 is 0 Å². The molecule has 1 aliphatic rings. The second kappa shape index (κ2) is 12.8. The SMILES string of the molecule is COc1cc(OC)c(Cl)c(-c2cc3cnc(Nc4ccn(C)n4)nc3n(C3CCN(C(=O)/C=C/CN(C)C)CC3)c2=O)c1. The third-order valence-corrected chi connectivity index (χ3v) is 7.75. The van der Waals surface area contributed by atoms with Crippen molar-refractivity contribution in [3.05, 3.63) is 64.2 Å². The Morgan fingerprint density at radius 3 is 2.58 bits per heavy atom. The lowest BCUT2D eigenvalue weighted by atomic mass is 10.0. The van der Waals surface area contributed by atoms with Crippen molar-refractivity contribution in [2.75, 3.05) is 53.3 Å². The molecule has 13 heteroatoms. The van der Waals surface area contributed by atoms with Crippen molar-refractivity contribution in [3.63, 3.8) is 0 Å². The summed E-state index contributed by atoms with van der Waals surface area (Å²) in [7, 11) is 8.77. The molecule has 0 spiro atoms. The number of carbonyl (C=O) groups is 1. The van der Waals surface area contributed by atoms with E-state index in [0.29, 0.717) is 82.9 Å². The molecule has 226 valence electrons. The summed E-state index contributed by atoms with van der Waals surface area (Å²) in [5.74, 6) is 1.75. The summed E-state index contributed by atoms with van der Waals surface area (Å²) in [6, 6.07) is 6.73. The minimum atomic E-state index is -0.261. The van der Waals surface area contributed by atoms with Crippen LogP contribution in [0.3, 0.4) is 0 Å². The number of amides is 1. The number of methoxy groups -OCH3 is 2. The molecule has 0 unspecified atom stereocenters. The lowest BCUT2D eigenvalue weighted by Gasteiger charge is -2.33. The van der Waals surface area contributed by atoms with Crippen LogP contribution in [0.5, 0.6) is 11.5 Å². The molecule has 3 aromatic heterocycles. The number of aryl methyl sites for hydroxylation is 1. The largest absolute Gasteiger partial charge is 0.497 e. The van der Waals surface area contributed by atoms with Crippen LogP contribution in [0.25, 0.3) is 22.2 Å². The van der Waals surface area contributed by atoms with Gasteiger partial charge in [-0.15, -0.1) is 0 Å². The van der Waals surface area contributed by atoms with E-state index in [1.165, 1.54) is 7.11 Å². The van der Waals surface area contributed by atoms with Crippen LogP contribution in [-0.4, -0.2) is 88.0 Å². The molecule has 0 bridgehead atoms. The molecule has 1 aromatic carbocycles. The van der Waals surface area contributed by atoms with Gasteiger partial charge < -0.3 is 24.6 Å². The number of rotatable bonds is 9. The number of hydrogen-bond acceptors (Lipinski definition) is 9. The van der Waals surface area contributed by atoms with Crippen molar-refractivity contribution < 1.29 is 14.3 Å². The predicted molar refractivity (Wildman–Crippen MR) is 166 cm³/mol. The molecule has 5 rings (SSSR count). The predicted octanol–water partition coefficient (Wildman–Crippen LogP) is 3.89. The van der Waals surface area contributed by atoms with E-state index in [0.717, 1.165) is 0 Å². The molecule has 0 saturated carbocycles. The van der Waals surface area contributed by atoms with Gasteiger partial charge in [-0.05, 0) is 39.1 Å². The molecular formula is C30H35ClN8O4. The highest BCUT2D eigenvalue weighted by Gasteiger charge is 2.27. The number of ether oxygens (including phenoxy) is 2. The van der Waals surface area contributed by atoms with Gasteiger partial charge in [0.15, 0.2) is 5.82 Å². The number of nitrogens with zero attached hydrogens (tertiary/aromatic N) is 7. The summed E-state index contributed by atoms with van der Waals surface area (Å²) in [6.45, 7) is 1.69. The van der Waals surface area contributed by atoms with E-state index >= 15 is 0 Å². The minimum Gasteiger partial charge on any atom is -0.497 e. The van der Waals surface area contributed by atoms with E-state index in [-0.39, 0.29) is 17.5 Å². The summed E-state index contributed by atoms with van der Waals surface area (Å²) in [5, 5.41) is 8.41. The number of halogens is 1. The molecule has 1 saturated heterocycles. The van der Waals surface area contributed by atoms with Crippen LogP contribution >= 0.6 is 11.6 Å². The zero-order chi connectivity index (χ0) is 30.7. The van der Waals surface area contributed by atoms with Crippen molar-refractivity contribution in [2.24, 2.45) is 7.05 Å². The van der Waals surface area contributed by atoms with Gasteiger partial charge in [0.25, 0.3) is 5.56 Å². The van der Waals surface area contributed by atoms with Crippen molar-refractivity contribution in [2.45, 2.75) is 18.9 Å². The number of anilines is 2. The Morgan fingerprint density at radius 2 is 1.93 bits per heavy atom. The maximum atomic E-state index is 14.4. The highest BCUT2D eigenvalue weighted by Crippen LogP contribution is 2.39. The number of aromatic nitrogens is 5. The Bertz CT molecular complexity index is 1720. The van der Waals surface area contributed by atoms with Gasteiger partial charge in [-0.2, -0.15) is 10.1 Å². The monoisotopic (exact) mass is 606 g/mol. The van der Waals surface area contributed by atoms with E-state index in [2.05, 4.69) is 15.4 Å². The van der Waals surface area contributed by atoms with Crippen molar-refractivity contribution >= 4 is 40.3 Å². The Kier molecular flexibility index (Phi) is 8.97. The highest BCUT2D eigenvalue weighted by atomic mass is 35.5. The quantitative estimate of drug-likeness (QED) is 0.283. The van der Waals surface area contributed by atoms with Gasteiger partial charge in [0.1, 0.15) is 17.1 Å². The molecule has 1 fully saturated rings. The van der Waals surface area contributed by atoms with Crippen molar-refractivity contribution in [1.29, 1.82) is 0 Å². The number of fused-ring (bicyclic) bond motifs is 1. The van der Waals surface area contributed by atoms with E-state index in [1.54, 1.807) is 46.8 Å². The van der Waals surface area contributed by atoms with Crippen LogP contribution in [-0.2, 0) is 11.8 Å². The average molecular weight is 607 g/mol. The first-order valence-electron chi connectivity index (χ1n) is 13.9. The maximum Gasteiger partial charge on any atom is 0.260 e. The number of carbonyl (C=O) groups excluding carboxylic acids is 1. The van der Waals surface area contributed by atoms with Gasteiger partial charge in [0.05, 0.1) is 19.2 Å². The first-order chi connectivity index (χ1) is 20.7. The third kappa shape index (κ3) is 6.50. The lowest BCUT2D eigenvalue weighted by molar-refractivity contribution is -0.127. The minimum absolute atomic E-state index is 0.0364. The number of nitrogens with one attached hydrogen (secondary N) is 1. The fraction of sp³-hybridized carbons (Fsp3) is 0.367. The summed E-state index contributed by atoms with van der Waals surface area (Å²) in [6.07, 6.45) is 8.11. The Morgan fingerprint density at radius 1 is 1.16 bits per heavy atom.